The second kappa shape index (κ2) is 7.95. The van der Waals surface area contributed by atoms with Gasteiger partial charge < -0.3 is 14.7 Å². The van der Waals surface area contributed by atoms with Gasteiger partial charge in [0, 0.05) is 45.7 Å². The molecule has 2 fully saturated rings. The monoisotopic (exact) mass is 347 g/mol. The van der Waals surface area contributed by atoms with Crippen LogP contribution in [0.15, 0.2) is 24.3 Å². The molecule has 0 spiro atoms. The number of amides is 2. The predicted octanol–water partition coefficient (Wildman–Crippen LogP) is 1.38. The van der Waals surface area contributed by atoms with E-state index in [1.54, 1.807) is 17.0 Å². The molecule has 136 valence electrons. The van der Waals surface area contributed by atoms with Crippen LogP contribution >= 0.6 is 0 Å². The molecule has 6 heteroatoms. The van der Waals surface area contributed by atoms with E-state index < -0.39 is 0 Å². The summed E-state index contributed by atoms with van der Waals surface area (Å²) in [5.41, 5.74) is 1.000. The first kappa shape index (κ1) is 17.9. The second-order valence-corrected chi connectivity index (χ2v) is 6.88. The maximum atomic E-state index is 12.9. The number of benzene rings is 1. The third-order valence-electron chi connectivity index (χ3n) is 5.28. The van der Waals surface area contributed by atoms with E-state index >= 15 is 0 Å². The largest absolute Gasteiger partial charge is 0.342 e. The van der Waals surface area contributed by atoms with Gasteiger partial charge in [0.25, 0.3) is 0 Å². The summed E-state index contributed by atoms with van der Waals surface area (Å²) in [6.45, 7) is 7.58. The summed E-state index contributed by atoms with van der Waals surface area (Å²) in [6, 6.07) is 6.35. The molecule has 0 saturated carbocycles. The van der Waals surface area contributed by atoms with Gasteiger partial charge in [0.15, 0.2) is 0 Å². The molecule has 0 N–H and O–H groups in total. The molecule has 0 bridgehead atoms. The Morgan fingerprint density at radius 3 is 2.48 bits per heavy atom. The average Bonchev–Trinajstić information content (AvgIpc) is 3.01. The number of hydrogen-bond acceptors (Lipinski definition) is 3. The zero-order chi connectivity index (χ0) is 17.8. The molecule has 0 unspecified atom stereocenters. The van der Waals surface area contributed by atoms with Crippen molar-refractivity contribution in [2.75, 3.05) is 45.8 Å². The van der Waals surface area contributed by atoms with Crippen molar-refractivity contribution in [2.45, 2.75) is 19.8 Å². The van der Waals surface area contributed by atoms with Gasteiger partial charge in [0.05, 0.1) is 5.92 Å². The highest BCUT2D eigenvalue weighted by atomic mass is 19.1. The maximum Gasteiger partial charge on any atom is 0.228 e. The number of halogens is 1. The molecule has 0 aromatic heterocycles. The number of hydrogen-bond donors (Lipinski definition) is 0. The van der Waals surface area contributed by atoms with Gasteiger partial charge in [-0.15, -0.1) is 0 Å². The Morgan fingerprint density at radius 2 is 1.84 bits per heavy atom. The Kier molecular flexibility index (Phi) is 5.68. The molecule has 0 aliphatic carbocycles. The van der Waals surface area contributed by atoms with Crippen LogP contribution in [0.4, 0.5) is 4.39 Å². The topological polar surface area (TPSA) is 43.9 Å². The molecule has 1 aromatic rings. The van der Waals surface area contributed by atoms with Crippen molar-refractivity contribution in [3.8, 4) is 0 Å². The summed E-state index contributed by atoms with van der Waals surface area (Å²) in [7, 11) is 0. The van der Waals surface area contributed by atoms with Crippen LogP contribution in [-0.4, -0.2) is 72.3 Å². The van der Waals surface area contributed by atoms with Crippen molar-refractivity contribution in [2.24, 2.45) is 5.92 Å². The van der Waals surface area contributed by atoms with Gasteiger partial charge in [-0.1, -0.05) is 19.1 Å². The number of nitrogens with zero attached hydrogens (tertiary/aromatic N) is 3. The van der Waals surface area contributed by atoms with E-state index in [1.165, 1.54) is 12.1 Å². The summed E-state index contributed by atoms with van der Waals surface area (Å²) in [4.78, 5) is 30.9. The summed E-state index contributed by atoms with van der Waals surface area (Å²) >= 11 is 0. The fourth-order valence-electron chi connectivity index (χ4n) is 3.61. The highest BCUT2D eigenvalue weighted by Crippen LogP contribution is 2.21. The lowest BCUT2D eigenvalue weighted by atomic mass is 10.1. The van der Waals surface area contributed by atoms with Crippen molar-refractivity contribution < 1.29 is 14.0 Å². The molecule has 2 saturated heterocycles. The molecule has 2 heterocycles. The highest BCUT2D eigenvalue weighted by Gasteiger charge is 2.36. The van der Waals surface area contributed by atoms with E-state index in [4.69, 9.17) is 0 Å². The third-order valence-corrected chi connectivity index (χ3v) is 5.28. The van der Waals surface area contributed by atoms with Crippen molar-refractivity contribution in [3.63, 3.8) is 0 Å². The Hall–Kier alpha value is -1.95. The van der Waals surface area contributed by atoms with Crippen LogP contribution in [-0.2, 0) is 16.0 Å². The Labute approximate surface area is 148 Å². The van der Waals surface area contributed by atoms with Crippen LogP contribution in [0.2, 0.25) is 0 Å². The Bertz CT molecular complexity index is 612. The number of carbonyl (C=O) groups is 2. The van der Waals surface area contributed by atoms with Gasteiger partial charge in [0.2, 0.25) is 11.8 Å². The fraction of sp³-hybridized carbons (Fsp3) is 0.579. The molecule has 5 nitrogen and oxygen atoms in total. The normalized spacial score (nSPS) is 21.8. The van der Waals surface area contributed by atoms with Crippen molar-refractivity contribution in [3.05, 3.63) is 35.6 Å². The number of likely N-dealkylation sites (tertiary alicyclic amines) is 1. The van der Waals surface area contributed by atoms with E-state index in [-0.39, 0.29) is 23.5 Å². The lowest BCUT2D eigenvalue weighted by molar-refractivity contribution is -0.137. The summed E-state index contributed by atoms with van der Waals surface area (Å²) < 4.78 is 12.9. The summed E-state index contributed by atoms with van der Waals surface area (Å²) in [6.07, 6.45) is 0.998. The average molecular weight is 347 g/mol. The van der Waals surface area contributed by atoms with Crippen molar-refractivity contribution in [1.29, 1.82) is 0 Å². The van der Waals surface area contributed by atoms with E-state index in [0.717, 1.165) is 38.3 Å². The Morgan fingerprint density at radius 1 is 1.16 bits per heavy atom. The summed E-state index contributed by atoms with van der Waals surface area (Å²) in [5.74, 6) is -0.301. The minimum Gasteiger partial charge on any atom is -0.342 e. The summed E-state index contributed by atoms with van der Waals surface area (Å²) in [5, 5.41) is 0. The lowest BCUT2D eigenvalue weighted by Crippen LogP contribution is -2.50. The van der Waals surface area contributed by atoms with Crippen LogP contribution in [0.25, 0.3) is 0 Å². The first-order valence-corrected chi connectivity index (χ1v) is 9.10. The minimum atomic E-state index is -0.255. The molecule has 2 aliphatic heterocycles. The predicted molar refractivity (Wildman–Crippen MR) is 93.5 cm³/mol. The number of carbonyl (C=O) groups excluding carboxylic acids is 2. The molecule has 2 aliphatic rings. The molecule has 2 amide bonds. The Balaban J connectivity index is 1.50. The van der Waals surface area contributed by atoms with Crippen LogP contribution < -0.4 is 0 Å². The van der Waals surface area contributed by atoms with Gasteiger partial charge in [-0.05, 0) is 30.7 Å². The van der Waals surface area contributed by atoms with Gasteiger partial charge in [0.1, 0.15) is 5.82 Å². The molecule has 3 rings (SSSR count). The molecular weight excluding hydrogens is 321 g/mol. The SMILES string of the molecule is CCN1CCN(C(=O)[C@@H]2CC(=O)N(CCc3ccc(F)cc3)C2)CC1. The smallest absolute Gasteiger partial charge is 0.228 e. The van der Waals surface area contributed by atoms with Gasteiger partial charge in [-0.2, -0.15) is 0 Å². The standard InChI is InChI=1S/C19H26FN3O2/c1-2-21-9-11-22(12-10-21)19(25)16-13-18(24)23(14-16)8-7-15-3-5-17(20)6-4-15/h3-6,16H,2,7-14H2,1H3/t16-/m1/s1. The molecule has 1 atom stereocenters. The van der Waals surface area contributed by atoms with E-state index in [2.05, 4.69) is 11.8 Å². The van der Waals surface area contributed by atoms with Crippen LogP contribution in [0, 0.1) is 11.7 Å². The lowest BCUT2D eigenvalue weighted by Gasteiger charge is -2.35. The maximum absolute atomic E-state index is 12.9. The van der Waals surface area contributed by atoms with Crippen LogP contribution in [0.1, 0.15) is 18.9 Å². The number of piperazine rings is 1. The number of rotatable bonds is 5. The molecular formula is C19H26FN3O2. The van der Waals surface area contributed by atoms with Crippen LogP contribution in [0.5, 0.6) is 0 Å². The fourth-order valence-corrected chi connectivity index (χ4v) is 3.61. The van der Waals surface area contributed by atoms with Crippen molar-refractivity contribution in [1.82, 2.24) is 14.7 Å². The van der Waals surface area contributed by atoms with Gasteiger partial charge in [-0.25, -0.2) is 4.39 Å². The first-order valence-electron chi connectivity index (χ1n) is 9.10. The quantitative estimate of drug-likeness (QED) is 0.808. The van der Waals surface area contributed by atoms with E-state index in [9.17, 15) is 14.0 Å². The molecule has 25 heavy (non-hydrogen) atoms. The molecule has 1 aromatic carbocycles. The zero-order valence-corrected chi connectivity index (χ0v) is 14.8. The highest BCUT2D eigenvalue weighted by molar-refractivity contribution is 5.89. The number of likely N-dealkylation sites (N-methyl/N-ethyl adjacent to an activating group) is 1. The third kappa shape index (κ3) is 4.37. The zero-order valence-electron chi connectivity index (χ0n) is 14.8. The van der Waals surface area contributed by atoms with Gasteiger partial charge in [-0.3, -0.25) is 9.59 Å². The minimum absolute atomic E-state index is 0.0488. The van der Waals surface area contributed by atoms with Crippen LogP contribution in [0.3, 0.4) is 0 Å². The second-order valence-electron chi connectivity index (χ2n) is 6.88. The van der Waals surface area contributed by atoms with Crippen molar-refractivity contribution >= 4 is 11.8 Å². The van der Waals surface area contributed by atoms with Gasteiger partial charge >= 0.3 is 0 Å². The first-order chi connectivity index (χ1) is 12.1. The van der Waals surface area contributed by atoms with E-state index in [1.807, 2.05) is 4.90 Å². The molecule has 0 radical (unpaired) electrons. The van der Waals surface area contributed by atoms with E-state index in [0.29, 0.717) is 25.9 Å².